The molecule has 12 nitrogen and oxygen atoms in total. The average molecular weight is 899 g/mol. The lowest BCUT2D eigenvalue weighted by Crippen LogP contribution is -2.36. The monoisotopic (exact) mass is 897 g/mol. The number of halogens is 1. The molecule has 5 aromatic rings. The van der Waals surface area contributed by atoms with Crippen molar-refractivity contribution in [1.29, 1.82) is 0 Å². The molecule has 0 amide bonds. The van der Waals surface area contributed by atoms with Gasteiger partial charge >= 0.3 is 0 Å². The first kappa shape index (κ1) is 43.7. The van der Waals surface area contributed by atoms with Crippen molar-refractivity contribution in [3.05, 3.63) is 89.7 Å². The summed E-state index contributed by atoms with van der Waals surface area (Å²) in [6.07, 6.45) is 9.26. The van der Waals surface area contributed by atoms with Crippen molar-refractivity contribution >= 4 is 52.3 Å². The highest BCUT2D eigenvalue weighted by atomic mass is 79.9. The predicted molar refractivity (Wildman–Crippen MR) is 247 cm³/mol. The SMILES string of the molecule is BrC1CC1.C.C[Si](C)(C)CCOCn1nc(-c2ccnc(N3CCOCC3)c2)c2cc(O)ccc21.c1cc(C2=NCc3ccc(OC4CC4)cc32)cc(N2CCOCC2)n1. The maximum absolute atomic E-state index is 10.1. The van der Waals surface area contributed by atoms with Crippen molar-refractivity contribution in [2.75, 3.05) is 69.0 Å². The summed E-state index contributed by atoms with van der Waals surface area (Å²) >= 11 is 3.38. The van der Waals surface area contributed by atoms with E-state index in [4.69, 9.17) is 29.0 Å². The summed E-state index contributed by atoms with van der Waals surface area (Å²) in [7, 11) is -1.14. The van der Waals surface area contributed by atoms with Crippen LogP contribution < -0.4 is 14.5 Å². The fourth-order valence-electron chi connectivity index (χ4n) is 7.00. The number of fused-ring (bicyclic) bond motifs is 2. The number of aliphatic imine (C=N–C) groups is 1. The van der Waals surface area contributed by atoms with E-state index in [0.717, 1.165) is 114 Å². The number of rotatable bonds is 11. The van der Waals surface area contributed by atoms with E-state index in [-0.39, 0.29) is 13.2 Å². The summed E-state index contributed by atoms with van der Waals surface area (Å²) in [5.74, 6) is 3.11. The summed E-state index contributed by atoms with van der Waals surface area (Å²) < 4.78 is 24.7. The van der Waals surface area contributed by atoms with Gasteiger partial charge in [-0.2, -0.15) is 5.10 Å². The van der Waals surface area contributed by atoms with Crippen molar-refractivity contribution in [3.8, 4) is 22.8 Å². The number of ether oxygens (including phenoxy) is 4. The molecule has 1 N–H and O–H groups in total. The summed E-state index contributed by atoms with van der Waals surface area (Å²) in [6.45, 7) is 15.3. The number of phenols is 1. The van der Waals surface area contributed by atoms with Crippen LogP contribution in [0.25, 0.3) is 22.2 Å². The van der Waals surface area contributed by atoms with Gasteiger partial charge in [-0.3, -0.25) is 4.99 Å². The van der Waals surface area contributed by atoms with E-state index in [2.05, 4.69) is 85.7 Å². The largest absolute Gasteiger partial charge is 0.508 e. The Morgan fingerprint density at radius 1 is 0.800 bits per heavy atom. The minimum Gasteiger partial charge on any atom is -0.508 e. The van der Waals surface area contributed by atoms with E-state index in [1.54, 1.807) is 12.1 Å². The third-order valence-electron chi connectivity index (χ3n) is 10.7. The van der Waals surface area contributed by atoms with Crippen LogP contribution in [-0.2, 0) is 27.5 Å². The van der Waals surface area contributed by atoms with Crippen LogP contribution in [0.3, 0.4) is 0 Å². The fraction of sp³-hybridized carbons (Fsp3) is 0.478. The van der Waals surface area contributed by atoms with Gasteiger partial charge in [-0.05, 0) is 91.9 Å². The van der Waals surface area contributed by atoms with E-state index in [9.17, 15) is 5.11 Å². The van der Waals surface area contributed by atoms with E-state index in [0.29, 0.717) is 26.0 Å². The van der Waals surface area contributed by atoms with Crippen molar-refractivity contribution < 1.29 is 24.1 Å². The van der Waals surface area contributed by atoms with Gasteiger partial charge in [0.2, 0.25) is 0 Å². The number of benzene rings is 2. The van der Waals surface area contributed by atoms with Gasteiger partial charge in [0.25, 0.3) is 0 Å². The molecule has 0 bridgehead atoms. The minimum absolute atomic E-state index is 0. The number of phenolic OH excluding ortho intramolecular Hbond substituents is 1. The molecule has 60 heavy (non-hydrogen) atoms. The van der Waals surface area contributed by atoms with Crippen molar-refractivity contribution in [1.82, 2.24) is 19.7 Å². The molecule has 0 atom stereocenters. The summed E-state index contributed by atoms with van der Waals surface area (Å²) in [6, 6.07) is 21.1. The fourth-order valence-corrected chi connectivity index (χ4v) is 8.02. The van der Waals surface area contributed by atoms with Crippen molar-refractivity contribution in [2.24, 2.45) is 4.99 Å². The van der Waals surface area contributed by atoms with Gasteiger partial charge < -0.3 is 33.9 Å². The molecule has 10 rings (SSSR count). The summed E-state index contributed by atoms with van der Waals surface area (Å²) in [5.41, 5.74) is 7.38. The van der Waals surface area contributed by atoms with Crippen LogP contribution in [0, 0.1) is 0 Å². The minimum atomic E-state index is -1.14. The molecule has 2 saturated heterocycles. The number of hydrogen-bond donors (Lipinski definition) is 1. The Kier molecular flexibility index (Phi) is 14.6. The second-order valence-corrected chi connectivity index (χ2v) is 23.8. The van der Waals surface area contributed by atoms with Gasteiger partial charge in [-0.1, -0.05) is 49.1 Å². The third kappa shape index (κ3) is 11.7. The number of aromatic nitrogens is 4. The van der Waals surface area contributed by atoms with Crippen LogP contribution in [0.4, 0.5) is 11.6 Å². The molecule has 6 heterocycles. The first-order valence-electron chi connectivity index (χ1n) is 21.0. The number of nitrogens with zero attached hydrogens (tertiary/aromatic N) is 7. The summed E-state index contributed by atoms with van der Waals surface area (Å²) in [5, 5.41) is 15.8. The predicted octanol–water partition coefficient (Wildman–Crippen LogP) is 8.94. The lowest BCUT2D eigenvalue weighted by molar-refractivity contribution is 0.0818. The van der Waals surface area contributed by atoms with Crippen LogP contribution in [-0.4, -0.2) is 109 Å². The maximum Gasteiger partial charge on any atom is 0.140 e. The molecular weight excluding hydrogens is 839 g/mol. The Balaban J connectivity index is 0.000000165. The quantitative estimate of drug-likeness (QED) is 0.0782. The Hall–Kier alpha value is -4.34. The Bertz CT molecular complexity index is 2230. The highest BCUT2D eigenvalue weighted by Gasteiger charge is 2.26. The van der Waals surface area contributed by atoms with Gasteiger partial charge in [-0.25, -0.2) is 14.6 Å². The molecule has 2 aromatic carbocycles. The highest BCUT2D eigenvalue weighted by molar-refractivity contribution is 9.09. The van der Waals surface area contributed by atoms with E-state index >= 15 is 0 Å². The number of aromatic hydroxyl groups is 1. The van der Waals surface area contributed by atoms with Gasteiger partial charge in [0.05, 0.1) is 50.3 Å². The van der Waals surface area contributed by atoms with Gasteiger partial charge in [0.1, 0.15) is 35.6 Å². The molecule has 3 aromatic heterocycles. The van der Waals surface area contributed by atoms with Gasteiger partial charge in [-0.15, -0.1) is 0 Å². The standard InChI is InChI=1S/C22H30N4O3Si.C20H21N3O2.C3H5Br.CH4/c1-30(2,3)13-12-29-16-26-20-5-4-18(27)15-19(20)22(24-26)17-6-7-23-21(14-17)25-8-10-28-11-9-25;1-2-17(25-16-3-4-16)12-18-15(1)13-22-20(18)14-5-6-21-19(11-14)23-7-9-24-10-8-23;4-3-1-2-3;/h4-7,14-15,27H,8-13,16H2,1-3H3;1-2,5-6,11-12,16H,3-4,7-10,13H2;3H,1-2H2;1H4. The number of pyridine rings is 2. The highest BCUT2D eigenvalue weighted by Crippen LogP contribution is 2.34. The van der Waals surface area contributed by atoms with Crippen LogP contribution >= 0.6 is 15.9 Å². The molecule has 0 radical (unpaired) electrons. The molecular formula is C46H60BrN7O5Si. The zero-order valence-corrected chi connectivity index (χ0v) is 37.1. The molecule has 2 saturated carbocycles. The van der Waals surface area contributed by atoms with Crippen LogP contribution in [0.1, 0.15) is 49.8 Å². The molecule has 5 aliphatic rings. The van der Waals surface area contributed by atoms with E-state index in [1.165, 1.54) is 36.8 Å². The van der Waals surface area contributed by atoms with Crippen LogP contribution in [0.2, 0.25) is 25.7 Å². The smallest absolute Gasteiger partial charge is 0.140 e. The van der Waals surface area contributed by atoms with Crippen LogP contribution in [0.15, 0.2) is 78.0 Å². The Morgan fingerprint density at radius 3 is 2.05 bits per heavy atom. The Morgan fingerprint density at radius 2 is 1.43 bits per heavy atom. The molecule has 0 unspecified atom stereocenters. The normalized spacial score (nSPS) is 17.4. The topological polar surface area (TPSA) is 120 Å². The number of morpholine rings is 2. The maximum atomic E-state index is 10.1. The molecule has 3 aliphatic heterocycles. The molecule has 0 spiro atoms. The first-order chi connectivity index (χ1) is 28.7. The van der Waals surface area contributed by atoms with Gasteiger partial charge in [0, 0.05) is 80.2 Å². The second-order valence-electron chi connectivity index (χ2n) is 16.9. The Labute approximate surface area is 364 Å². The molecule has 4 fully saturated rings. The zero-order valence-electron chi connectivity index (χ0n) is 34.5. The molecule has 320 valence electrons. The number of hydrogen-bond acceptors (Lipinski definition) is 11. The first-order valence-corrected chi connectivity index (χ1v) is 25.6. The molecule has 2 aliphatic carbocycles. The average Bonchev–Trinajstić information content (AvgIpc) is 4.17. The van der Waals surface area contributed by atoms with E-state index < -0.39 is 8.07 Å². The zero-order chi connectivity index (χ0) is 40.8. The lowest BCUT2D eigenvalue weighted by Gasteiger charge is -2.28. The second kappa shape index (κ2) is 20.0. The van der Waals surface area contributed by atoms with Crippen molar-refractivity contribution in [3.63, 3.8) is 0 Å². The third-order valence-corrected chi connectivity index (χ3v) is 13.3. The number of anilines is 2. The molecule has 14 heteroatoms. The lowest BCUT2D eigenvalue weighted by atomic mass is 10.0. The van der Waals surface area contributed by atoms with Gasteiger partial charge in [0.15, 0.2) is 0 Å². The van der Waals surface area contributed by atoms with Crippen LogP contribution in [0.5, 0.6) is 11.5 Å². The van der Waals surface area contributed by atoms with Crippen molar-refractivity contribution in [2.45, 2.75) is 83.0 Å². The summed E-state index contributed by atoms with van der Waals surface area (Å²) in [4.78, 5) is 19.3. The number of alkyl halides is 1. The van der Waals surface area contributed by atoms with E-state index in [1.807, 2.05) is 35.3 Å².